The van der Waals surface area contributed by atoms with Crippen LogP contribution in [0, 0.1) is 11.3 Å². The molecule has 3 heterocycles. The first-order valence-corrected chi connectivity index (χ1v) is 20.1. The van der Waals surface area contributed by atoms with E-state index in [0.717, 1.165) is 4.90 Å². The summed E-state index contributed by atoms with van der Waals surface area (Å²) in [5.74, 6) is -12.7. The third-order valence-electron chi connectivity index (χ3n) is 9.85. The number of halogens is 2. The zero-order chi connectivity index (χ0) is 47.7. The Hall–Kier alpha value is -7.84. The second-order valence-corrected chi connectivity index (χ2v) is 14.8. The highest BCUT2D eigenvalue weighted by Gasteiger charge is 2.47. The predicted octanol–water partition coefficient (Wildman–Crippen LogP) is 0.999. The number of likely N-dealkylation sites (tertiary alicyclic amines) is 1. The molecule has 24 heteroatoms. The van der Waals surface area contributed by atoms with Crippen molar-refractivity contribution >= 4 is 75.6 Å². The molecule has 0 spiro atoms. The van der Waals surface area contributed by atoms with Crippen molar-refractivity contribution in [2.24, 2.45) is 0 Å². The standard InChI is InChI=1S/C41H46F2N10O12/c42-41(43)18-24(19-44)53(22-41)33(56)21-48-26-13-16-46-36-25(26)6-3-8-27(36)49-31(54)10-11-32(55)50-28(9-12-34(57)58)38(62)52-30(17-35(59)60)39(63)51-29(40(64)65)7-1-2-15-47-37(61)23-5-4-14-45-20-23/h3-6,8,13-14,16,20,24,28-30H,1-2,7,9-12,15,17-18,21-22H2,(H,46,48)(H,47,61)(H,49,54)(H,50,55)(H,51,63)(H,52,62)(H,57,58)(H,59,60)(H,64,65)/t24-,28+,29-,30+/m0/s1. The summed E-state index contributed by atoms with van der Waals surface area (Å²) < 4.78 is 27.7. The van der Waals surface area contributed by atoms with Gasteiger partial charge in [0, 0.05) is 61.9 Å². The molecule has 1 saturated heterocycles. The highest BCUT2D eigenvalue weighted by Crippen LogP contribution is 2.32. The van der Waals surface area contributed by atoms with Gasteiger partial charge in [0.2, 0.25) is 29.5 Å². The number of nitrogens with zero attached hydrogens (tertiary/aromatic N) is 4. The number of alkyl halides is 2. The number of pyridine rings is 2. The van der Waals surface area contributed by atoms with Crippen LogP contribution in [-0.2, 0) is 38.4 Å². The Morgan fingerprint density at radius 3 is 2.22 bits per heavy atom. The number of nitriles is 1. The van der Waals surface area contributed by atoms with Crippen LogP contribution in [0.25, 0.3) is 10.9 Å². The topological polar surface area (TPSA) is 339 Å². The van der Waals surface area contributed by atoms with Crippen molar-refractivity contribution in [1.82, 2.24) is 36.1 Å². The summed E-state index contributed by atoms with van der Waals surface area (Å²) in [5, 5.41) is 52.8. The summed E-state index contributed by atoms with van der Waals surface area (Å²) in [5.41, 5.74) is 1.09. The van der Waals surface area contributed by atoms with Gasteiger partial charge in [-0.2, -0.15) is 5.26 Å². The van der Waals surface area contributed by atoms with Crippen LogP contribution in [0.5, 0.6) is 0 Å². The van der Waals surface area contributed by atoms with Gasteiger partial charge in [-0.1, -0.05) is 12.1 Å². The Morgan fingerprint density at radius 2 is 1.54 bits per heavy atom. The SMILES string of the molecule is N#C[C@@H]1CC(F)(F)CN1C(=O)CNc1ccnc2c(NC(=O)CCC(=O)N[C@H](CCC(=O)O)C(=O)N[C@H](CC(=O)O)C(=O)N[C@@H](CCCCNC(=O)c3cccnc3)C(=O)O)cccc12. The molecule has 0 bridgehead atoms. The van der Waals surface area contributed by atoms with Crippen LogP contribution in [0.4, 0.5) is 20.2 Å². The van der Waals surface area contributed by atoms with E-state index >= 15 is 0 Å². The van der Waals surface area contributed by atoms with Gasteiger partial charge in [-0.05, 0) is 49.9 Å². The number of aliphatic carboxylic acids is 3. The first-order chi connectivity index (χ1) is 30.9. The molecule has 6 amide bonds. The Bertz CT molecular complexity index is 2310. The number of carbonyl (C=O) groups excluding carboxylic acids is 6. The molecular formula is C41H46F2N10O12. The Morgan fingerprint density at radius 1 is 0.815 bits per heavy atom. The van der Waals surface area contributed by atoms with Crippen LogP contribution in [0.1, 0.15) is 68.1 Å². The first kappa shape index (κ1) is 49.8. The zero-order valence-corrected chi connectivity index (χ0v) is 34.6. The summed E-state index contributed by atoms with van der Waals surface area (Å²) >= 11 is 0. The number of para-hydroxylation sites is 1. The molecular weight excluding hydrogens is 863 g/mol. The van der Waals surface area contributed by atoms with E-state index in [1.807, 2.05) is 0 Å². The fraction of sp³-hybridized carbons (Fsp3) is 0.415. The van der Waals surface area contributed by atoms with E-state index in [4.69, 9.17) is 0 Å². The maximum Gasteiger partial charge on any atom is 0.326 e. The molecule has 22 nitrogen and oxygen atoms in total. The third-order valence-corrected chi connectivity index (χ3v) is 9.85. The molecule has 65 heavy (non-hydrogen) atoms. The molecule has 0 radical (unpaired) electrons. The molecule has 0 saturated carbocycles. The lowest BCUT2D eigenvalue weighted by Crippen LogP contribution is -2.56. The lowest BCUT2D eigenvalue weighted by Gasteiger charge is -2.23. The quantitative estimate of drug-likeness (QED) is 0.0566. The highest BCUT2D eigenvalue weighted by atomic mass is 19.3. The third kappa shape index (κ3) is 15.5. The summed E-state index contributed by atoms with van der Waals surface area (Å²) in [6.07, 6.45) is 0.585. The van der Waals surface area contributed by atoms with Crippen molar-refractivity contribution in [3.63, 3.8) is 0 Å². The second-order valence-electron chi connectivity index (χ2n) is 14.8. The summed E-state index contributed by atoms with van der Waals surface area (Å²) in [6.45, 7) is -1.16. The number of rotatable bonds is 24. The molecule has 346 valence electrons. The normalized spacial score (nSPS) is 15.3. The molecule has 1 aliphatic rings. The number of carboxylic acid groups (broad SMARTS) is 3. The Labute approximate surface area is 368 Å². The number of amides is 6. The largest absolute Gasteiger partial charge is 0.481 e. The van der Waals surface area contributed by atoms with Gasteiger partial charge in [-0.3, -0.25) is 48.3 Å². The number of fused-ring (bicyclic) bond motifs is 1. The first-order valence-electron chi connectivity index (χ1n) is 20.1. The highest BCUT2D eigenvalue weighted by molar-refractivity contribution is 6.05. The number of benzene rings is 1. The van der Waals surface area contributed by atoms with Crippen LogP contribution in [0.3, 0.4) is 0 Å². The fourth-order valence-electron chi connectivity index (χ4n) is 6.60. The van der Waals surface area contributed by atoms with Crippen molar-refractivity contribution in [1.29, 1.82) is 5.26 Å². The van der Waals surface area contributed by atoms with Gasteiger partial charge in [0.05, 0.1) is 42.3 Å². The van der Waals surface area contributed by atoms with E-state index < -0.39 is 135 Å². The van der Waals surface area contributed by atoms with E-state index in [-0.39, 0.29) is 30.6 Å². The number of hydrogen-bond donors (Lipinski definition) is 9. The fourth-order valence-corrected chi connectivity index (χ4v) is 6.60. The number of anilines is 2. The van der Waals surface area contributed by atoms with E-state index in [1.165, 1.54) is 30.7 Å². The second kappa shape index (κ2) is 23.6. The van der Waals surface area contributed by atoms with Gasteiger partial charge < -0.3 is 52.1 Å². The number of aromatic nitrogens is 2. The molecule has 1 fully saturated rings. The van der Waals surface area contributed by atoms with Gasteiger partial charge in [-0.15, -0.1) is 0 Å². The number of carbonyl (C=O) groups is 9. The molecule has 0 unspecified atom stereocenters. The monoisotopic (exact) mass is 908 g/mol. The number of carboxylic acids is 3. The van der Waals surface area contributed by atoms with Gasteiger partial charge >= 0.3 is 17.9 Å². The lowest BCUT2D eigenvalue weighted by atomic mass is 10.1. The van der Waals surface area contributed by atoms with Crippen LogP contribution < -0.4 is 31.9 Å². The maximum absolute atomic E-state index is 13.9. The Kier molecular flexibility index (Phi) is 18.1. The average Bonchev–Trinajstić information content (AvgIpc) is 3.59. The summed E-state index contributed by atoms with van der Waals surface area (Å²) in [6, 6.07) is 4.67. The van der Waals surface area contributed by atoms with Crippen LogP contribution in [0.2, 0.25) is 0 Å². The molecule has 0 aliphatic carbocycles. The van der Waals surface area contributed by atoms with E-state index in [0.29, 0.717) is 23.1 Å². The van der Waals surface area contributed by atoms with E-state index in [1.54, 1.807) is 30.3 Å². The van der Waals surface area contributed by atoms with Crippen LogP contribution in [-0.4, -0.2) is 133 Å². The lowest BCUT2D eigenvalue weighted by molar-refractivity contribution is -0.143. The number of unbranched alkanes of at least 4 members (excludes halogenated alkanes) is 1. The minimum Gasteiger partial charge on any atom is -0.481 e. The van der Waals surface area contributed by atoms with Crippen molar-refractivity contribution in [3.8, 4) is 6.07 Å². The number of hydrogen-bond acceptors (Lipinski definition) is 13. The van der Waals surface area contributed by atoms with Gasteiger partial charge in [0.15, 0.2) is 0 Å². The van der Waals surface area contributed by atoms with Gasteiger partial charge in [0.1, 0.15) is 24.2 Å². The van der Waals surface area contributed by atoms with Crippen molar-refractivity contribution in [2.45, 2.75) is 87.9 Å². The molecule has 4 rings (SSSR count). The average molecular weight is 909 g/mol. The van der Waals surface area contributed by atoms with Gasteiger partial charge in [-0.25, -0.2) is 13.6 Å². The molecule has 1 aromatic carbocycles. The summed E-state index contributed by atoms with van der Waals surface area (Å²) in [4.78, 5) is 121. The minimum absolute atomic E-state index is 0.141. The predicted molar refractivity (Wildman–Crippen MR) is 222 cm³/mol. The molecule has 4 atom stereocenters. The minimum atomic E-state index is -3.19. The number of nitrogens with one attached hydrogen (secondary N) is 6. The molecule has 9 N–H and O–H groups in total. The summed E-state index contributed by atoms with van der Waals surface area (Å²) in [7, 11) is 0. The molecule has 2 aromatic heterocycles. The van der Waals surface area contributed by atoms with Crippen LogP contribution >= 0.6 is 0 Å². The van der Waals surface area contributed by atoms with E-state index in [9.17, 15) is 72.5 Å². The zero-order valence-electron chi connectivity index (χ0n) is 34.6. The van der Waals surface area contributed by atoms with E-state index in [2.05, 4.69) is 41.9 Å². The maximum atomic E-state index is 13.9. The van der Waals surface area contributed by atoms with Gasteiger partial charge in [0.25, 0.3) is 11.8 Å². The van der Waals surface area contributed by atoms with Crippen LogP contribution in [0.15, 0.2) is 55.0 Å². The smallest absolute Gasteiger partial charge is 0.326 e. The molecule has 3 aromatic rings. The Balaban J connectivity index is 1.32. The molecule has 1 aliphatic heterocycles. The van der Waals surface area contributed by atoms with Crippen molar-refractivity contribution in [3.05, 3.63) is 60.6 Å². The van der Waals surface area contributed by atoms with Crippen molar-refractivity contribution < 1.29 is 67.3 Å². The van der Waals surface area contributed by atoms with Crippen molar-refractivity contribution in [2.75, 3.05) is 30.3 Å².